The second-order valence-corrected chi connectivity index (χ2v) is 9.27. The van der Waals surface area contributed by atoms with Crippen LogP contribution in [0.15, 0.2) is 4.52 Å². The summed E-state index contributed by atoms with van der Waals surface area (Å²) in [5.74, 6) is 0.723. The fourth-order valence-electron chi connectivity index (χ4n) is 3.75. The van der Waals surface area contributed by atoms with Crippen LogP contribution in [0, 0.1) is 0 Å². The highest BCUT2D eigenvalue weighted by Crippen LogP contribution is 2.32. The molecule has 2 aliphatic heterocycles. The highest BCUT2D eigenvalue weighted by Gasteiger charge is 2.35. The van der Waals surface area contributed by atoms with Crippen molar-refractivity contribution in [3.8, 4) is 0 Å². The molecule has 2 saturated heterocycles. The summed E-state index contributed by atoms with van der Waals surface area (Å²) in [6.07, 6.45) is 7.08. The average Bonchev–Trinajstić information content (AvgIpc) is 3.29. The highest BCUT2D eigenvalue weighted by molar-refractivity contribution is 7.88. The third kappa shape index (κ3) is 5.73. The maximum absolute atomic E-state index is 12.0. The number of nitrogens with zero attached hydrogens (tertiary/aromatic N) is 4. The number of carbonyl (C=O) groups excluding carboxylic acids is 1. The van der Waals surface area contributed by atoms with E-state index in [1.165, 1.54) is 29.8 Å². The van der Waals surface area contributed by atoms with Crippen LogP contribution in [0.3, 0.4) is 0 Å². The van der Waals surface area contributed by atoms with Gasteiger partial charge in [-0.1, -0.05) is 11.6 Å². The van der Waals surface area contributed by atoms with Crippen LogP contribution in [0.4, 0.5) is 0 Å². The van der Waals surface area contributed by atoms with Crippen molar-refractivity contribution in [2.45, 2.75) is 51.0 Å². The fourth-order valence-corrected chi connectivity index (χ4v) is 4.87. The summed E-state index contributed by atoms with van der Waals surface area (Å²) in [4.78, 5) is 18.7. The molecule has 27 heavy (non-hydrogen) atoms. The van der Waals surface area contributed by atoms with Crippen molar-refractivity contribution in [3.05, 3.63) is 11.7 Å². The molecule has 10 heteroatoms. The van der Waals surface area contributed by atoms with Crippen molar-refractivity contribution in [1.29, 1.82) is 0 Å². The molecule has 3 heterocycles. The molecule has 1 aromatic rings. The Morgan fingerprint density at radius 2 is 2.00 bits per heavy atom. The van der Waals surface area contributed by atoms with Gasteiger partial charge in [0.15, 0.2) is 5.82 Å². The number of amides is 1. The highest BCUT2D eigenvalue weighted by atomic mass is 32.2. The predicted octanol–water partition coefficient (Wildman–Crippen LogP) is 0.701. The van der Waals surface area contributed by atoms with Crippen LogP contribution in [0.5, 0.6) is 0 Å². The van der Waals surface area contributed by atoms with Gasteiger partial charge in [-0.2, -0.15) is 9.29 Å². The fraction of sp³-hybridized carbons (Fsp3) is 0.824. The Bertz CT molecular complexity index is 729. The van der Waals surface area contributed by atoms with Crippen molar-refractivity contribution in [3.63, 3.8) is 0 Å². The van der Waals surface area contributed by atoms with Gasteiger partial charge in [-0.05, 0) is 38.8 Å². The molecular formula is C17H29N5O4S. The zero-order valence-electron chi connectivity index (χ0n) is 15.9. The molecule has 0 spiro atoms. The van der Waals surface area contributed by atoms with Gasteiger partial charge in [0.2, 0.25) is 21.8 Å². The van der Waals surface area contributed by atoms with E-state index in [2.05, 4.69) is 20.4 Å². The number of aryl methyl sites for hydroxylation is 1. The summed E-state index contributed by atoms with van der Waals surface area (Å²) in [5.41, 5.74) is 0. The summed E-state index contributed by atoms with van der Waals surface area (Å²) >= 11 is 0. The standard InChI is InChI=1S/C17H29N5O4S/c1-27(24,25)22-12-5-6-14(22)17-19-16(26-20-17)8-7-15(23)18-9-13-21-10-3-2-4-11-21/h14H,2-13H2,1H3,(H,18,23). The Balaban J connectivity index is 1.42. The summed E-state index contributed by atoms with van der Waals surface area (Å²) in [6.45, 7) is 4.25. The lowest BCUT2D eigenvalue weighted by molar-refractivity contribution is -0.121. The number of carbonyl (C=O) groups is 1. The minimum Gasteiger partial charge on any atom is -0.355 e. The van der Waals surface area contributed by atoms with Gasteiger partial charge in [0.25, 0.3) is 0 Å². The monoisotopic (exact) mass is 399 g/mol. The minimum absolute atomic E-state index is 0.0367. The number of aromatic nitrogens is 2. The normalized spacial score (nSPS) is 22.2. The molecule has 1 atom stereocenters. The van der Waals surface area contributed by atoms with Crippen LogP contribution < -0.4 is 5.32 Å². The Hall–Kier alpha value is -1.52. The molecule has 0 bridgehead atoms. The Kier molecular flexibility index (Phi) is 6.83. The van der Waals surface area contributed by atoms with E-state index in [1.807, 2.05) is 0 Å². The summed E-state index contributed by atoms with van der Waals surface area (Å²) < 4.78 is 30.3. The maximum atomic E-state index is 12.0. The van der Waals surface area contributed by atoms with Gasteiger partial charge in [0.05, 0.1) is 12.3 Å². The van der Waals surface area contributed by atoms with E-state index in [0.717, 1.165) is 26.1 Å². The van der Waals surface area contributed by atoms with Crippen LogP contribution in [0.25, 0.3) is 0 Å². The first-order valence-corrected chi connectivity index (χ1v) is 11.6. The van der Waals surface area contributed by atoms with E-state index < -0.39 is 10.0 Å². The summed E-state index contributed by atoms with van der Waals surface area (Å²) in [5, 5.41) is 6.86. The van der Waals surface area contributed by atoms with Gasteiger partial charge in [-0.15, -0.1) is 0 Å². The Labute approximate surface area is 160 Å². The van der Waals surface area contributed by atoms with Gasteiger partial charge in [-0.25, -0.2) is 8.42 Å². The molecule has 0 saturated carbocycles. The van der Waals surface area contributed by atoms with E-state index in [-0.39, 0.29) is 18.4 Å². The zero-order valence-corrected chi connectivity index (χ0v) is 16.7. The van der Waals surface area contributed by atoms with Crippen molar-refractivity contribution in [2.24, 2.45) is 0 Å². The van der Waals surface area contributed by atoms with Gasteiger partial charge >= 0.3 is 0 Å². The number of nitrogens with one attached hydrogen (secondary N) is 1. The average molecular weight is 400 g/mol. The van der Waals surface area contributed by atoms with Crippen molar-refractivity contribution >= 4 is 15.9 Å². The van der Waals surface area contributed by atoms with Crippen LogP contribution in [-0.2, 0) is 21.2 Å². The molecule has 3 rings (SSSR count). The zero-order chi connectivity index (χ0) is 19.3. The predicted molar refractivity (Wildman–Crippen MR) is 99.4 cm³/mol. The third-order valence-corrected chi connectivity index (χ3v) is 6.47. The maximum Gasteiger partial charge on any atom is 0.227 e. The van der Waals surface area contributed by atoms with E-state index in [4.69, 9.17) is 4.52 Å². The summed E-state index contributed by atoms with van der Waals surface area (Å²) in [7, 11) is -3.29. The van der Waals surface area contributed by atoms with Gasteiger partial charge < -0.3 is 14.7 Å². The second-order valence-electron chi connectivity index (χ2n) is 7.33. The molecule has 2 fully saturated rings. The Morgan fingerprint density at radius 1 is 1.22 bits per heavy atom. The molecule has 0 aliphatic carbocycles. The van der Waals surface area contributed by atoms with Crippen molar-refractivity contribution in [2.75, 3.05) is 39.0 Å². The largest absolute Gasteiger partial charge is 0.355 e. The smallest absolute Gasteiger partial charge is 0.227 e. The lowest BCUT2D eigenvalue weighted by atomic mass is 10.1. The molecule has 1 unspecified atom stereocenters. The SMILES string of the molecule is CS(=O)(=O)N1CCCC1c1noc(CCC(=O)NCCN2CCCCC2)n1. The van der Waals surface area contributed by atoms with Crippen LogP contribution in [0.2, 0.25) is 0 Å². The molecule has 0 radical (unpaired) electrons. The van der Waals surface area contributed by atoms with E-state index in [0.29, 0.717) is 37.6 Å². The van der Waals surface area contributed by atoms with Crippen LogP contribution in [0.1, 0.15) is 56.3 Å². The molecular weight excluding hydrogens is 370 g/mol. The van der Waals surface area contributed by atoms with Gasteiger partial charge in [-0.3, -0.25) is 4.79 Å². The molecule has 1 N–H and O–H groups in total. The number of hydrogen-bond donors (Lipinski definition) is 1. The quantitative estimate of drug-likeness (QED) is 0.685. The van der Waals surface area contributed by atoms with Gasteiger partial charge in [0, 0.05) is 32.5 Å². The third-order valence-electron chi connectivity index (χ3n) is 5.18. The summed E-state index contributed by atoms with van der Waals surface area (Å²) in [6, 6.07) is -0.365. The molecule has 0 aromatic carbocycles. The van der Waals surface area contributed by atoms with E-state index in [1.54, 1.807) is 0 Å². The van der Waals surface area contributed by atoms with Gasteiger partial charge in [0.1, 0.15) is 0 Å². The number of likely N-dealkylation sites (tertiary alicyclic amines) is 1. The van der Waals surface area contributed by atoms with Crippen LogP contribution >= 0.6 is 0 Å². The van der Waals surface area contributed by atoms with E-state index >= 15 is 0 Å². The minimum atomic E-state index is -3.29. The first-order chi connectivity index (χ1) is 12.9. The molecule has 9 nitrogen and oxygen atoms in total. The van der Waals surface area contributed by atoms with Crippen molar-refractivity contribution in [1.82, 2.24) is 24.7 Å². The molecule has 2 aliphatic rings. The van der Waals surface area contributed by atoms with Crippen LogP contribution in [-0.4, -0.2) is 72.7 Å². The molecule has 1 aromatic heterocycles. The van der Waals surface area contributed by atoms with E-state index in [9.17, 15) is 13.2 Å². The topological polar surface area (TPSA) is 109 Å². The second kappa shape index (κ2) is 9.11. The lowest BCUT2D eigenvalue weighted by Gasteiger charge is -2.26. The molecule has 152 valence electrons. The first-order valence-electron chi connectivity index (χ1n) is 9.72. The van der Waals surface area contributed by atoms with Crippen molar-refractivity contribution < 1.29 is 17.7 Å². The number of rotatable bonds is 8. The Morgan fingerprint density at radius 3 is 2.74 bits per heavy atom. The number of hydrogen-bond acceptors (Lipinski definition) is 7. The number of piperidine rings is 1. The molecule has 1 amide bonds. The lowest BCUT2D eigenvalue weighted by Crippen LogP contribution is -2.37. The number of sulfonamides is 1. The first kappa shape index (κ1) is 20.2.